The van der Waals surface area contributed by atoms with Crippen molar-refractivity contribution in [2.24, 2.45) is 5.92 Å². The van der Waals surface area contributed by atoms with Crippen molar-refractivity contribution in [3.05, 3.63) is 28.8 Å². The number of fused-ring (bicyclic) bond motifs is 2. The Labute approximate surface area is 368 Å². The van der Waals surface area contributed by atoms with Crippen molar-refractivity contribution in [3.63, 3.8) is 0 Å². The molecule has 0 aromatic heterocycles. The maximum Gasteiger partial charge on any atom is 0.227 e. The van der Waals surface area contributed by atoms with Gasteiger partial charge in [0.1, 0.15) is 53.9 Å². The highest BCUT2D eigenvalue weighted by Gasteiger charge is 2.50. The summed E-state index contributed by atoms with van der Waals surface area (Å²) in [5.41, 5.74) is 0.183. The number of aliphatic hydroxyl groups is 6. The van der Waals surface area contributed by atoms with E-state index in [-0.39, 0.29) is 65.3 Å². The molecular weight excluding hydrogens is 848 g/mol. The standard InChI is InChI=1S/C44H60O20/c1-15-26(61-31-13-27(39(52)19(5)59-31)62-29-11-24(46)37(50)17(3)57-29)10-22-8-21-9-23(43(56-7)36(49)16(2)45)44(42(55)34(21)41(54)33(22)35(15)48)64-32-14-28(40(53)20(6)60-32)63-30-12-25(47)38(51)18(4)58-30/h8,10,17-20,23-25,27-32,37-40,43-44,46-48,50-54H,9,11-14H2,1-7H3/t17-,18-,19-,20-,23+,24-,25-,27-,28-,29+,30+,31+,32+,37-,38-,39-,40-,43+,44+/m1/s1. The quantitative estimate of drug-likeness (QED) is 0.133. The van der Waals surface area contributed by atoms with Crippen LogP contribution in [0.3, 0.4) is 0 Å². The Balaban J connectivity index is 1.16. The number of phenols is 2. The largest absolute Gasteiger partial charge is 0.507 e. The summed E-state index contributed by atoms with van der Waals surface area (Å²) in [4.78, 5) is 40.5. The molecule has 4 saturated heterocycles. The molecule has 4 fully saturated rings. The fraction of sp³-hybridized carbons (Fsp3) is 0.705. The minimum absolute atomic E-state index is 0.0115. The summed E-state index contributed by atoms with van der Waals surface area (Å²) >= 11 is 0. The zero-order valence-corrected chi connectivity index (χ0v) is 36.6. The first-order valence-corrected chi connectivity index (χ1v) is 21.6. The SMILES string of the molecule is CO[C@H](C(=O)C(C)=O)[C@@H]1Cc2cc3cc(O[C@H]4C[C@@H](O[C@H]5C[C@@H](O)[C@H](O)[C@@H](C)O5)[C@H](O)[C@@H](C)O4)c(C)c(O)c3c(O)c2C(=O)[C@H]1O[C@H]1C[C@@H](O[C@H]2C[C@@H](O)[C@H](O)[C@@H](C)O2)[C@H](O)[C@@H](C)O1. The number of aliphatic hydroxyl groups excluding tert-OH is 6. The van der Waals surface area contributed by atoms with Gasteiger partial charge in [0.25, 0.3) is 0 Å². The Kier molecular flexibility index (Phi) is 14.7. The van der Waals surface area contributed by atoms with E-state index in [1.165, 1.54) is 20.1 Å². The van der Waals surface area contributed by atoms with Gasteiger partial charge in [-0.2, -0.15) is 0 Å². The molecule has 0 amide bonds. The summed E-state index contributed by atoms with van der Waals surface area (Å²) < 4.78 is 53.6. The highest BCUT2D eigenvalue weighted by atomic mass is 16.7. The Morgan fingerprint density at radius 1 is 0.688 bits per heavy atom. The summed E-state index contributed by atoms with van der Waals surface area (Å²) in [7, 11) is 1.21. The van der Waals surface area contributed by atoms with Crippen molar-refractivity contribution >= 4 is 28.1 Å². The van der Waals surface area contributed by atoms with E-state index >= 15 is 0 Å². The Morgan fingerprint density at radius 3 is 1.67 bits per heavy atom. The molecule has 0 radical (unpaired) electrons. The van der Waals surface area contributed by atoms with Crippen LogP contribution >= 0.6 is 0 Å². The van der Waals surface area contributed by atoms with E-state index < -0.39 is 145 Å². The third kappa shape index (κ3) is 9.54. The van der Waals surface area contributed by atoms with E-state index in [9.17, 15) is 55.2 Å². The lowest BCUT2D eigenvalue weighted by Crippen LogP contribution is -2.55. The highest BCUT2D eigenvalue weighted by Crippen LogP contribution is 2.47. The van der Waals surface area contributed by atoms with Crippen LogP contribution in [0.4, 0.5) is 0 Å². The van der Waals surface area contributed by atoms with Crippen LogP contribution in [0, 0.1) is 12.8 Å². The zero-order chi connectivity index (χ0) is 46.6. The predicted octanol–water partition coefficient (Wildman–Crippen LogP) is 0.327. The second kappa shape index (κ2) is 19.4. The maximum absolute atomic E-state index is 14.7. The van der Waals surface area contributed by atoms with Gasteiger partial charge in [0.2, 0.25) is 12.1 Å². The fourth-order valence-corrected chi connectivity index (χ4v) is 9.39. The lowest BCUT2D eigenvalue weighted by Gasteiger charge is -2.43. The molecule has 4 heterocycles. The monoisotopic (exact) mass is 908 g/mol. The van der Waals surface area contributed by atoms with Gasteiger partial charge in [0, 0.05) is 51.2 Å². The van der Waals surface area contributed by atoms with E-state index in [2.05, 4.69) is 0 Å². The van der Waals surface area contributed by atoms with Crippen LogP contribution in [0.5, 0.6) is 17.2 Å². The zero-order valence-electron chi connectivity index (χ0n) is 36.6. The first-order valence-electron chi connectivity index (χ1n) is 21.6. The lowest BCUT2D eigenvalue weighted by molar-refractivity contribution is -0.311. The molecule has 20 heteroatoms. The molecule has 0 spiro atoms. The van der Waals surface area contributed by atoms with E-state index in [1.807, 2.05) is 0 Å². The smallest absolute Gasteiger partial charge is 0.227 e. The number of aromatic hydroxyl groups is 2. The third-order valence-electron chi connectivity index (χ3n) is 13.1. The van der Waals surface area contributed by atoms with Gasteiger partial charge in [-0.25, -0.2) is 0 Å². The number of carbonyl (C=O) groups excluding carboxylic acids is 3. The van der Waals surface area contributed by atoms with Gasteiger partial charge < -0.3 is 83.5 Å². The van der Waals surface area contributed by atoms with E-state index in [0.717, 1.165) is 6.92 Å². The fourth-order valence-electron chi connectivity index (χ4n) is 9.39. The lowest BCUT2D eigenvalue weighted by atomic mass is 9.75. The molecule has 2 aromatic carbocycles. The minimum atomic E-state index is -1.57. The number of ketones is 3. The van der Waals surface area contributed by atoms with Crippen LogP contribution in [0.25, 0.3) is 10.8 Å². The van der Waals surface area contributed by atoms with Crippen molar-refractivity contribution in [1.82, 2.24) is 0 Å². The van der Waals surface area contributed by atoms with Crippen LogP contribution in [-0.4, -0.2) is 176 Å². The summed E-state index contributed by atoms with van der Waals surface area (Å²) in [5, 5.41) is 86.5. The summed E-state index contributed by atoms with van der Waals surface area (Å²) in [6, 6.07) is 3.07. The van der Waals surface area contributed by atoms with Gasteiger partial charge in [-0.05, 0) is 64.1 Å². The summed E-state index contributed by atoms with van der Waals surface area (Å²) in [5.74, 6) is -4.62. The number of methoxy groups -OCH3 is 1. The van der Waals surface area contributed by atoms with E-state index in [1.54, 1.807) is 33.8 Å². The van der Waals surface area contributed by atoms with Crippen molar-refractivity contribution in [3.8, 4) is 17.2 Å². The van der Waals surface area contributed by atoms with E-state index in [0.29, 0.717) is 0 Å². The van der Waals surface area contributed by atoms with Crippen LogP contribution in [-0.2, 0) is 53.9 Å². The Hall–Kier alpha value is -3.45. The van der Waals surface area contributed by atoms with Crippen molar-refractivity contribution < 1.29 is 97.9 Å². The number of phenolic OH excluding ortho intramolecular Hbond substituents is 2. The third-order valence-corrected chi connectivity index (χ3v) is 13.1. The van der Waals surface area contributed by atoms with Crippen LogP contribution < -0.4 is 4.74 Å². The molecule has 64 heavy (non-hydrogen) atoms. The first kappa shape index (κ1) is 48.5. The topological polar surface area (TPSA) is 296 Å². The van der Waals surface area contributed by atoms with Crippen molar-refractivity contribution in [2.75, 3.05) is 7.11 Å². The first-order chi connectivity index (χ1) is 30.2. The molecule has 2 aromatic rings. The van der Waals surface area contributed by atoms with Gasteiger partial charge in [-0.3, -0.25) is 14.4 Å². The number of hydrogen-bond acceptors (Lipinski definition) is 20. The van der Waals surface area contributed by atoms with Gasteiger partial charge >= 0.3 is 0 Å². The Bertz CT molecular complexity index is 2020. The number of Topliss-reactive ketones (excluding diaryl/α,β-unsaturated/α-hetero) is 3. The van der Waals surface area contributed by atoms with E-state index in [4.69, 9.17) is 42.6 Å². The molecule has 0 bridgehead atoms. The van der Waals surface area contributed by atoms with Crippen molar-refractivity contribution in [1.29, 1.82) is 0 Å². The molecule has 0 saturated carbocycles. The number of carbonyl (C=O) groups is 3. The summed E-state index contributed by atoms with van der Waals surface area (Å²) in [6.07, 6.45) is -19.6. The average Bonchev–Trinajstić information content (AvgIpc) is 3.22. The molecule has 7 rings (SSSR count). The molecule has 1 aliphatic carbocycles. The molecule has 5 aliphatic rings. The molecule has 20 nitrogen and oxygen atoms in total. The molecule has 8 N–H and O–H groups in total. The highest BCUT2D eigenvalue weighted by molar-refractivity contribution is 6.38. The molecular formula is C44H60O20. The molecule has 4 aliphatic heterocycles. The number of hydrogen-bond donors (Lipinski definition) is 8. The van der Waals surface area contributed by atoms with Gasteiger partial charge in [0.15, 0.2) is 30.4 Å². The van der Waals surface area contributed by atoms with Crippen LogP contribution in [0.1, 0.15) is 81.8 Å². The number of rotatable bonds is 12. The molecule has 19 atom stereocenters. The van der Waals surface area contributed by atoms with Gasteiger partial charge in [-0.1, -0.05) is 0 Å². The normalized spacial score (nSPS) is 39.9. The Morgan fingerprint density at radius 2 is 1.17 bits per heavy atom. The average molecular weight is 909 g/mol. The van der Waals surface area contributed by atoms with Crippen LogP contribution in [0.2, 0.25) is 0 Å². The van der Waals surface area contributed by atoms with Crippen LogP contribution in [0.15, 0.2) is 12.1 Å². The predicted molar refractivity (Wildman–Crippen MR) is 217 cm³/mol. The molecule has 0 unspecified atom stereocenters. The summed E-state index contributed by atoms with van der Waals surface area (Å²) in [6.45, 7) is 8.92. The number of benzene rings is 2. The van der Waals surface area contributed by atoms with Gasteiger partial charge in [-0.15, -0.1) is 0 Å². The second-order valence-corrected chi connectivity index (χ2v) is 17.7. The van der Waals surface area contributed by atoms with Gasteiger partial charge in [0.05, 0.1) is 59.8 Å². The maximum atomic E-state index is 14.7. The van der Waals surface area contributed by atoms with Crippen molar-refractivity contribution in [2.45, 2.75) is 184 Å². The number of ether oxygens (including phenoxy) is 9. The second-order valence-electron chi connectivity index (χ2n) is 17.7. The molecule has 356 valence electrons. The minimum Gasteiger partial charge on any atom is -0.507 e.